The van der Waals surface area contributed by atoms with Crippen LogP contribution < -0.4 is 4.90 Å². The van der Waals surface area contributed by atoms with Crippen molar-refractivity contribution in [3.63, 3.8) is 0 Å². The molecular weight excluding hydrogens is 366 g/mol. The molecule has 2 fully saturated rings. The van der Waals surface area contributed by atoms with Crippen molar-refractivity contribution in [2.45, 2.75) is 63.8 Å². The fraction of sp³-hybridized carbons (Fsp3) is 0.667. The molecule has 3 aliphatic rings. The van der Waals surface area contributed by atoms with Crippen LogP contribution in [0.3, 0.4) is 0 Å². The standard InChI is InChI=1S/C21H29N7O/c29-21(27-9-4-5-10-27)17-14-22-15-19(23-17)26-12-7-16(8-13-26)20-25-24-18-6-2-1-3-11-28(18)20/h14-16H,1-13H2. The Morgan fingerprint density at radius 2 is 1.69 bits per heavy atom. The van der Waals surface area contributed by atoms with Gasteiger partial charge in [-0.1, -0.05) is 6.42 Å². The summed E-state index contributed by atoms with van der Waals surface area (Å²) in [4.78, 5) is 25.7. The predicted molar refractivity (Wildman–Crippen MR) is 109 cm³/mol. The molecule has 0 N–H and O–H groups in total. The normalized spacial score (nSPS) is 20.6. The van der Waals surface area contributed by atoms with E-state index in [1.54, 1.807) is 12.4 Å². The van der Waals surface area contributed by atoms with E-state index in [1.165, 1.54) is 30.9 Å². The highest BCUT2D eigenvalue weighted by Gasteiger charge is 2.28. The van der Waals surface area contributed by atoms with Gasteiger partial charge in [-0.15, -0.1) is 10.2 Å². The van der Waals surface area contributed by atoms with Gasteiger partial charge < -0.3 is 14.4 Å². The number of likely N-dealkylation sites (tertiary alicyclic amines) is 1. The van der Waals surface area contributed by atoms with Gasteiger partial charge in [-0.05, 0) is 38.5 Å². The SMILES string of the molecule is O=C(c1cncc(N2CCC(c3nnc4n3CCCCC4)CC2)n1)N1CCCC1. The van der Waals surface area contributed by atoms with Crippen molar-refractivity contribution in [2.75, 3.05) is 31.1 Å². The third-order valence-corrected chi connectivity index (χ3v) is 6.56. The van der Waals surface area contributed by atoms with Crippen molar-refractivity contribution >= 4 is 11.7 Å². The third-order valence-electron chi connectivity index (χ3n) is 6.56. The highest BCUT2D eigenvalue weighted by Crippen LogP contribution is 2.30. The lowest BCUT2D eigenvalue weighted by Gasteiger charge is -2.32. The first-order valence-electron chi connectivity index (χ1n) is 11.1. The molecule has 0 unspecified atom stereocenters. The van der Waals surface area contributed by atoms with Crippen molar-refractivity contribution in [3.8, 4) is 0 Å². The van der Waals surface area contributed by atoms with Crippen LogP contribution in [0.4, 0.5) is 5.82 Å². The molecule has 0 aromatic carbocycles. The smallest absolute Gasteiger partial charge is 0.274 e. The number of anilines is 1. The first-order valence-corrected chi connectivity index (χ1v) is 11.1. The van der Waals surface area contributed by atoms with Gasteiger partial charge in [-0.2, -0.15) is 0 Å². The number of rotatable bonds is 3. The van der Waals surface area contributed by atoms with E-state index < -0.39 is 0 Å². The van der Waals surface area contributed by atoms with Crippen LogP contribution in [0, 0.1) is 0 Å². The van der Waals surface area contributed by atoms with E-state index in [2.05, 4.69) is 29.6 Å². The molecule has 29 heavy (non-hydrogen) atoms. The second-order valence-corrected chi connectivity index (χ2v) is 8.46. The Morgan fingerprint density at radius 1 is 0.897 bits per heavy atom. The Bertz CT molecular complexity index is 866. The molecule has 8 heteroatoms. The minimum atomic E-state index is 0.0119. The Labute approximate surface area is 171 Å². The van der Waals surface area contributed by atoms with E-state index in [4.69, 9.17) is 0 Å². The van der Waals surface area contributed by atoms with E-state index in [1.807, 2.05) is 4.90 Å². The molecule has 2 aromatic heterocycles. The maximum Gasteiger partial charge on any atom is 0.274 e. The molecule has 3 aliphatic heterocycles. The second kappa shape index (κ2) is 8.08. The van der Waals surface area contributed by atoms with E-state index >= 15 is 0 Å². The molecule has 8 nitrogen and oxygen atoms in total. The number of carbonyl (C=O) groups excluding carboxylic acids is 1. The van der Waals surface area contributed by atoms with Gasteiger partial charge >= 0.3 is 0 Å². The van der Waals surface area contributed by atoms with E-state index in [9.17, 15) is 4.79 Å². The fourth-order valence-corrected chi connectivity index (χ4v) is 4.87. The quantitative estimate of drug-likeness (QED) is 0.794. The largest absolute Gasteiger partial charge is 0.355 e. The Kier molecular flexibility index (Phi) is 5.16. The van der Waals surface area contributed by atoms with Crippen molar-refractivity contribution in [1.82, 2.24) is 29.6 Å². The van der Waals surface area contributed by atoms with Crippen LogP contribution in [0.1, 0.15) is 73.0 Å². The first-order chi connectivity index (χ1) is 14.3. The number of fused-ring (bicyclic) bond motifs is 1. The van der Waals surface area contributed by atoms with E-state index in [0.717, 1.165) is 70.6 Å². The van der Waals surface area contributed by atoms with Gasteiger partial charge in [0.2, 0.25) is 0 Å². The fourth-order valence-electron chi connectivity index (χ4n) is 4.87. The molecule has 2 saturated heterocycles. The number of hydrogen-bond acceptors (Lipinski definition) is 6. The van der Waals surface area contributed by atoms with Crippen LogP contribution >= 0.6 is 0 Å². The molecule has 0 saturated carbocycles. The Hall–Kier alpha value is -2.51. The van der Waals surface area contributed by atoms with Crippen LogP contribution in [0.25, 0.3) is 0 Å². The van der Waals surface area contributed by atoms with Crippen LogP contribution in [-0.2, 0) is 13.0 Å². The van der Waals surface area contributed by atoms with Crippen molar-refractivity contribution in [1.29, 1.82) is 0 Å². The maximum atomic E-state index is 12.6. The first kappa shape index (κ1) is 18.5. The van der Waals surface area contributed by atoms with Gasteiger partial charge in [-0.25, -0.2) is 4.98 Å². The highest BCUT2D eigenvalue weighted by molar-refractivity contribution is 5.92. The van der Waals surface area contributed by atoms with Gasteiger partial charge in [0, 0.05) is 45.1 Å². The number of hydrogen-bond donors (Lipinski definition) is 0. The second-order valence-electron chi connectivity index (χ2n) is 8.46. The number of aromatic nitrogens is 5. The minimum absolute atomic E-state index is 0.0119. The third kappa shape index (κ3) is 3.72. The molecule has 5 heterocycles. The summed E-state index contributed by atoms with van der Waals surface area (Å²) in [5, 5.41) is 9.03. The summed E-state index contributed by atoms with van der Waals surface area (Å²) >= 11 is 0. The minimum Gasteiger partial charge on any atom is -0.355 e. The summed E-state index contributed by atoms with van der Waals surface area (Å²) < 4.78 is 2.38. The van der Waals surface area contributed by atoms with Crippen LogP contribution in [0.2, 0.25) is 0 Å². The van der Waals surface area contributed by atoms with Gasteiger partial charge in [0.1, 0.15) is 23.2 Å². The number of nitrogens with zero attached hydrogens (tertiary/aromatic N) is 7. The monoisotopic (exact) mass is 395 g/mol. The van der Waals surface area contributed by atoms with E-state index in [0.29, 0.717) is 11.6 Å². The van der Waals surface area contributed by atoms with Crippen molar-refractivity contribution < 1.29 is 4.79 Å². The molecule has 5 rings (SSSR count). The van der Waals surface area contributed by atoms with Crippen LogP contribution in [0.5, 0.6) is 0 Å². The van der Waals surface area contributed by atoms with Crippen molar-refractivity contribution in [2.24, 2.45) is 0 Å². The summed E-state index contributed by atoms with van der Waals surface area (Å²) in [6.45, 7) is 4.54. The molecule has 0 aliphatic carbocycles. The molecule has 2 aromatic rings. The maximum absolute atomic E-state index is 12.6. The lowest BCUT2D eigenvalue weighted by molar-refractivity contribution is 0.0786. The predicted octanol–water partition coefficient (Wildman–Crippen LogP) is 2.41. The van der Waals surface area contributed by atoms with Gasteiger partial charge in [0.05, 0.1) is 12.4 Å². The summed E-state index contributed by atoms with van der Waals surface area (Å²) in [7, 11) is 0. The number of amides is 1. The summed E-state index contributed by atoms with van der Waals surface area (Å²) in [5.74, 6) is 3.61. The topological polar surface area (TPSA) is 80.0 Å². The molecule has 0 radical (unpaired) electrons. The zero-order valence-corrected chi connectivity index (χ0v) is 17.0. The average Bonchev–Trinajstić information content (AvgIpc) is 3.39. The van der Waals surface area contributed by atoms with Crippen molar-refractivity contribution in [3.05, 3.63) is 29.7 Å². The summed E-state index contributed by atoms with van der Waals surface area (Å²) in [5.41, 5.74) is 0.467. The molecule has 0 bridgehead atoms. The summed E-state index contributed by atoms with van der Waals surface area (Å²) in [6.07, 6.45) is 12.4. The number of piperidine rings is 1. The summed E-state index contributed by atoms with van der Waals surface area (Å²) in [6, 6.07) is 0. The number of aryl methyl sites for hydroxylation is 1. The van der Waals surface area contributed by atoms with Gasteiger partial charge in [0.15, 0.2) is 0 Å². The van der Waals surface area contributed by atoms with Crippen LogP contribution in [0.15, 0.2) is 12.4 Å². The zero-order valence-electron chi connectivity index (χ0n) is 17.0. The van der Waals surface area contributed by atoms with Gasteiger partial charge in [-0.3, -0.25) is 9.78 Å². The average molecular weight is 396 g/mol. The highest BCUT2D eigenvalue weighted by atomic mass is 16.2. The van der Waals surface area contributed by atoms with Crippen LogP contribution in [-0.4, -0.2) is 61.7 Å². The molecule has 0 atom stereocenters. The Morgan fingerprint density at radius 3 is 2.52 bits per heavy atom. The lowest BCUT2D eigenvalue weighted by atomic mass is 9.96. The molecule has 1 amide bonds. The Balaban J connectivity index is 1.26. The van der Waals surface area contributed by atoms with Gasteiger partial charge in [0.25, 0.3) is 5.91 Å². The van der Waals surface area contributed by atoms with E-state index in [-0.39, 0.29) is 5.91 Å². The molecule has 154 valence electrons. The lowest BCUT2D eigenvalue weighted by Crippen LogP contribution is -2.35. The number of carbonyl (C=O) groups is 1. The zero-order chi connectivity index (χ0) is 19.6. The molecular formula is C21H29N7O. The molecule has 0 spiro atoms.